The van der Waals surface area contributed by atoms with E-state index in [2.05, 4.69) is 36.8 Å². The second-order valence-corrected chi connectivity index (χ2v) is 9.22. The summed E-state index contributed by atoms with van der Waals surface area (Å²) in [5.74, 6) is 1.85. The number of likely N-dealkylation sites (tertiary alicyclic amines) is 1. The molecule has 1 saturated carbocycles. The molecule has 2 fully saturated rings. The number of rotatable bonds is 5. The molecular weight excluding hydrogens is 474 g/mol. The Hall–Kier alpha value is -1.53. The van der Waals surface area contributed by atoms with Gasteiger partial charge in [-0.1, -0.05) is 56.1 Å². The van der Waals surface area contributed by atoms with Crippen LogP contribution in [0.25, 0.3) is 0 Å². The lowest BCUT2D eigenvalue weighted by Gasteiger charge is -2.38. The summed E-state index contributed by atoms with van der Waals surface area (Å²) in [4.78, 5) is 15.7. The Bertz CT molecular complexity index is 777. The summed E-state index contributed by atoms with van der Waals surface area (Å²) in [7, 11) is 3.31. The zero-order chi connectivity index (χ0) is 19.1. The molecule has 2 aliphatic rings. The molecule has 4 nitrogen and oxygen atoms in total. The summed E-state index contributed by atoms with van der Waals surface area (Å²) >= 11 is 7.58. The van der Waals surface area contributed by atoms with Gasteiger partial charge in [-0.15, -0.1) is 0 Å². The van der Waals surface area contributed by atoms with Crippen molar-refractivity contribution in [2.75, 3.05) is 14.2 Å². The van der Waals surface area contributed by atoms with Crippen molar-refractivity contribution in [3.8, 4) is 11.5 Å². The van der Waals surface area contributed by atoms with Gasteiger partial charge in [-0.25, -0.2) is 0 Å². The smallest absolute Gasteiger partial charge is 0.228 e. The van der Waals surface area contributed by atoms with Crippen molar-refractivity contribution in [3.63, 3.8) is 0 Å². The van der Waals surface area contributed by atoms with E-state index in [9.17, 15) is 4.79 Å². The first kappa shape index (κ1) is 18.8. The molecule has 1 aliphatic carbocycles. The Morgan fingerprint density at radius 2 is 1.41 bits per heavy atom. The summed E-state index contributed by atoms with van der Waals surface area (Å²) < 4.78 is 10.6. The second kappa shape index (κ2) is 7.47. The summed E-state index contributed by atoms with van der Waals surface area (Å²) in [6.45, 7) is 0. The minimum Gasteiger partial charge on any atom is -0.497 e. The van der Waals surface area contributed by atoms with Crippen LogP contribution in [0.2, 0.25) is 0 Å². The Balaban J connectivity index is 1.79. The van der Waals surface area contributed by atoms with Gasteiger partial charge in [0.15, 0.2) is 0 Å². The molecule has 0 unspecified atom stereocenters. The van der Waals surface area contributed by atoms with Crippen molar-refractivity contribution >= 4 is 37.8 Å². The molecule has 0 N–H and O–H groups in total. The van der Waals surface area contributed by atoms with Crippen LogP contribution in [0.5, 0.6) is 11.5 Å². The molecule has 6 heteroatoms. The lowest BCUT2D eigenvalue weighted by atomic mass is 9.94. The molecule has 1 amide bonds. The maximum absolute atomic E-state index is 13.2. The number of ether oxygens (including phenoxy) is 2. The van der Waals surface area contributed by atoms with Crippen LogP contribution < -0.4 is 9.47 Å². The van der Waals surface area contributed by atoms with Crippen molar-refractivity contribution in [1.82, 2.24) is 4.90 Å². The number of fused-ring (bicyclic) bond motifs is 2. The number of carbonyl (C=O) groups excluding carboxylic acids is 1. The van der Waals surface area contributed by atoms with Crippen molar-refractivity contribution in [1.29, 1.82) is 0 Å². The Labute approximate surface area is 176 Å². The van der Waals surface area contributed by atoms with Crippen LogP contribution in [0.4, 0.5) is 0 Å². The molecule has 4 rings (SSSR count). The molecule has 4 atom stereocenters. The summed E-state index contributed by atoms with van der Waals surface area (Å²) in [6.07, 6.45) is 0.883. The van der Waals surface area contributed by atoms with Gasteiger partial charge in [0.1, 0.15) is 11.5 Å². The third-order valence-electron chi connectivity index (χ3n) is 5.59. The third kappa shape index (κ3) is 3.17. The number of methoxy groups -OCH3 is 2. The highest BCUT2D eigenvalue weighted by Crippen LogP contribution is 2.50. The lowest BCUT2D eigenvalue weighted by molar-refractivity contribution is -0.135. The molecule has 0 aromatic heterocycles. The maximum Gasteiger partial charge on any atom is 0.228 e. The predicted octanol–water partition coefficient (Wildman–Crippen LogP) is 4.55. The van der Waals surface area contributed by atoms with Crippen LogP contribution in [-0.2, 0) is 4.79 Å². The monoisotopic (exact) mass is 493 g/mol. The standard InChI is InChI=1S/C21H21Br2NO3/c1-26-14-7-3-12(4-8-14)19(13-5-9-15(27-2)10-6-13)24-20-17(22)11-16(18(20)23)21(24)25/h3-10,16-20H,11H2,1-2H3/t16-,17-,18+,20+/m1/s1. The fraction of sp³-hybridized carbons (Fsp3) is 0.381. The number of alkyl halides is 2. The number of carbonyl (C=O) groups is 1. The minimum atomic E-state index is -0.148. The molecule has 27 heavy (non-hydrogen) atoms. The number of benzene rings is 2. The highest BCUT2D eigenvalue weighted by molar-refractivity contribution is 9.10. The van der Waals surface area contributed by atoms with E-state index in [1.807, 2.05) is 48.5 Å². The number of halogens is 2. The third-order valence-corrected chi connectivity index (χ3v) is 7.69. The minimum absolute atomic E-state index is 0.0263. The van der Waals surface area contributed by atoms with Crippen molar-refractivity contribution in [2.45, 2.75) is 28.2 Å². The molecule has 2 aromatic carbocycles. The second-order valence-electron chi connectivity index (χ2n) is 6.99. The molecule has 1 heterocycles. The first-order chi connectivity index (χ1) is 13.0. The highest BCUT2D eigenvalue weighted by Gasteiger charge is 2.58. The summed E-state index contributed by atoms with van der Waals surface area (Å²) in [5, 5.41) is 0. The largest absolute Gasteiger partial charge is 0.497 e. The number of hydrogen-bond donors (Lipinski definition) is 0. The molecule has 2 aromatic rings. The van der Waals surface area contributed by atoms with Crippen LogP contribution in [-0.4, -0.2) is 40.7 Å². The van der Waals surface area contributed by atoms with E-state index < -0.39 is 0 Å². The number of hydrogen-bond acceptors (Lipinski definition) is 3. The van der Waals surface area contributed by atoms with Crippen LogP contribution in [0, 0.1) is 5.92 Å². The van der Waals surface area contributed by atoms with E-state index in [0.29, 0.717) is 4.83 Å². The molecule has 0 radical (unpaired) electrons. The average Bonchev–Trinajstić information content (AvgIpc) is 3.11. The van der Waals surface area contributed by atoms with Gasteiger partial charge in [0.05, 0.1) is 32.2 Å². The lowest BCUT2D eigenvalue weighted by Crippen LogP contribution is -2.45. The van der Waals surface area contributed by atoms with Gasteiger partial charge < -0.3 is 14.4 Å². The van der Waals surface area contributed by atoms with Gasteiger partial charge in [-0.3, -0.25) is 4.79 Å². The molecule has 142 valence electrons. The van der Waals surface area contributed by atoms with Gasteiger partial charge in [0.25, 0.3) is 0 Å². The quantitative estimate of drug-likeness (QED) is 0.572. The first-order valence-corrected chi connectivity index (χ1v) is 10.8. The Kier molecular flexibility index (Phi) is 5.21. The molecule has 1 aliphatic heterocycles. The number of amides is 1. The number of nitrogens with zero attached hydrogens (tertiary/aromatic N) is 1. The molecule has 0 spiro atoms. The van der Waals surface area contributed by atoms with Gasteiger partial charge in [0, 0.05) is 9.65 Å². The zero-order valence-corrected chi connectivity index (χ0v) is 18.3. The van der Waals surface area contributed by atoms with E-state index in [1.54, 1.807) is 14.2 Å². The van der Waals surface area contributed by atoms with Crippen LogP contribution in [0.1, 0.15) is 23.6 Å². The van der Waals surface area contributed by atoms with Gasteiger partial charge in [0.2, 0.25) is 5.91 Å². The normalized spacial score (nSPS) is 26.7. The van der Waals surface area contributed by atoms with Crippen molar-refractivity contribution in [2.24, 2.45) is 5.92 Å². The fourth-order valence-electron chi connectivity index (χ4n) is 4.24. The predicted molar refractivity (Wildman–Crippen MR) is 112 cm³/mol. The molecule has 2 bridgehead atoms. The van der Waals surface area contributed by atoms with Crippen LogP contribution in [0.15, 0.2) is 48.5 Å². The highest BCUT2D eigenvalue weighted by atomic mass is 79.9. The molecular formula is C21H21Br2NO3. The van der Waals surface area contributed by atoms with E-state index in [4.69, 9.17) is 9.47 Å². The number of piperidine rings is 1. The van der Waals surface area contributed by atoms with Gasteiger partial charge >= 0.3 is 0 Å². The summed E-state index contributed by atoms with van der Waals surface area (Å²) in [6, 6.07) is 15.9. The Morgan fingerprint density at radius 1 is 0.926 bits per heavy atom. The zero-order valence-electron chi connectivity index (χ0n) is 15.1. The Morgan fingerprint density at radius 3 is 1.81 bits per heavy atom. The first-order valence-electron chi connectivity index (χ1n) is 8.93. The van der Waals surface area contributed by atoms with E-state index in [0.717, 1.165) is 29.0 Å². The fourth-order valence-corrected chi connectivity index (χ4v) is 6.70. The van der Waals surface area contributed by atoms with Gasteiger partial charge in [-0.05, 0) is 41.8 Å². The maximum atomic E-state index is 13.2. The van der Waals surface area contributed by atoms with Gasteiger partial charge in [-0.2, -0.15) is 0 Å². The topological polar surface area (TPSA) is 38.8 Å². The van der Waals surface area contributed by atoms with Crippen molar-refractivity contribution < 1.29 is 14.3 Å². The van der Waals surface area contributed by atoms with Crippen LogP contribution >= 0.6 is 31.9 Å². The SMILES string of the molecule is COc1ccc(C(c2ccc(OC)cc2)N2C(=O)[C@@H]3C[C@@H](Br)[C@H]2[C@H]3Br)cc1. The van der Waals surface area contributed by atoms with Crippen LogP contribution in [0.3, 0.4) is 0 Å². The van der Waals surface area contributed by atoms with Crippen molar-refractivity contribution in [3.05, 3.63) is 59.7 Å². The van der Waals surface area contributed by atoms with E-state index in [-0.39, 0.29) is 28.7 Å². The van der Waals surface area contributed by atoms with E-state index >= 15 is 0 Å². The van der Waals surface area contributed by atoms with E-state index in [1.165, 1.54) is 0 Å². The summed E-state index contributed by atoms with van der Waals surface area (Å²) in [5.41, 5.74) is 2.14. The average molecular weight is 495 g/mol. The molecule has 1 saturated heterocycles.